The summed E-state index contributed by atoms with van der Waals surface area (Å²) >= 11 is 0. The number of benzene rings is 4. The number of phenolic OH excluding ortho intramolecular Hbond substituents is 2. The molecule has 0 aromatic heterocycles. The normalized spacial score (nSPS) is 19.2. The van der Waals surface area contributed by atoms with Crippen molar-refractivity contribution in [3.8, 4) is 28.7 Å². The first-order chi connectivity index (χ1) is 19.3. The van der Waals surface area contributed by atoms with E-state index in [2.05, 4.69) is 0 Å². The molecule has 3 unspecified atom stereocenters. The third kappa shape index (κ3) is 5.20. The van der Waals surface area contributed by atoms with E-state index in [4.69, 9.17) is 14.2 Å². The predicted molar refractivity (Wildman–Crippen MR) is 145 cm³/mol. The fourth-order valence-electron chi connectivity index (χ4n) is 4.85. The Hall–Kier alpha value is -4.85. The van der Waals surface area contributed by atoms with Crippen LogP contribution in [-0.4, -0.2) is 28.9 Å². The molecule has 3 atom stereocenters. The largest absolute Gasteiger partial charge is 0.508 e. The minimum absolute atomic E-state index is 0.00305. The predicted octanol–water partition coefficient (Wildman–Crippen LogP) is 6.59. The molecule has 0 amide bonds. The molecule has 0 fully saturated rings. The summed E-state index contributed by atoms with van der Waals surface area (Å²) in [6.07, 6.45) is -0.962. The summed E-state index contributed by atoms with van der Waals surface area (Å²) in [5, 5.41) is 18.9. The van der Waals surface area contributed by atoms with E-state index in [0.29, 0.717) is 22.6 Å². The molecule has 2 heterocycles. The third-order valence-electron chi connectivity index (χ3n) is 6.94. The van der Waals surface area contributed by atoms with Gasteiger partial charge in [-0.3, -0.25) is 9.59 Å². The third-order valence-corrected chi connectivity index (χ3v) is 6.94. The van der Waals surface area contributed by atoms with Gasteiger partial charge in [0, 0.05) is 5.56 Å². The molecular weight excluding hydrogens is 515 g/mol. The Morgan fingerprint density at radius 2 is 1.48 bits per heavy atom. The van der Waals surface area contributed by atoms with Crippen LogP contribution in [0.1, 0.15) is 57.4 Å². The number of phenols is 2. The van der Waals surface area contributed by atoms with E-state index in [-0.39, 0.29) is 52.8 Å². The molecule has 2 N–H and O–H groups in total. The zero-order chi connectivity index (χ0) is 28.4. The fourth-order valence-corrected chi connectivity index (χ4v) is 4.85. The number of rotatable bonds is 3. The van der Waals surface area contributed by atoms with Gasteiger partial charge in [0.15, 0.2) is 23.1 Å². The smallest absolute Gasteiger partial charge is 0.173 e. The number of ketones is 2. The zero-order valence-electron chi connectivity index (χ0n) is 21.8. The molecule has 0 aliphatic carbocycles. The first kappa shape index (κ1) is 26.7. The van der Waals surface area contributed by atoms with E-state index in [1.807, 2.05) is 37.3 Å². The number of aromatic hydroxyl groups is 2. The standard InChI is InChI=1S/C16H13FO4.C16H14O3/c1-20-14-4-2-3-10(16(14)17)15-8-12(19)11-7-9(18)5-6-13(11)21-15;1-10-15(18)13-9-12(17)7-8-14(13)19-16(10)11-5-3-2-4-6-11/h2-7,15,18H,8H2,1H3;2-10,16-17H,1H3. The van der Waals surface area contributed by atoms with E-state index in [0.717, 1.165) is 5.56 Å². The highest BCUT2D eigenvalue weighted by Crippen LogP contribution is 2.40. The number of ether oxygens (including phenoxy) is 3. The lowest BCUT2D eigenvalue weighted by Crippen LogP contribution is -2.29. The van der Waals surface area contributed by atoms with Gasteiger partial charge in [0.1, 0.15) is 35.2 Å². The van der Waals surface area contributed by atoms with Gasteiger partial charge in [0.25, 0.3) is 0 Å². The first-order valence-electron chi connectivity index (χ1n) is 12.7. The Morgan fingerprint density at radius 1 is 0.825 bits per heavy atom. The Morgan fingerprint density at radius 3 is 2.15 bits per heavy atom. The van der Waals surface area contributed by atoms with Crippen LogP contribution in [0.15, 0.2) is 84.9 Å². The van der Waals surface area contributed by atoms with Gasteiger partial charge in [-0.25, -0.2) is 4.39 Å². The highest BCUT2D eigenvalue weighted by atomic mass is 19.1. The number of methoxy groups -OCH3 is 1. The average molecular weight is 543 g/mol. The number of Topliss-reactive ketones (excluding diaryl/α,β-unsaturated/α-hetero) is 2. The van der Waals surface area contributed by atoms with Crippen LogP contribution in [-0.2, 0) is 0 Å². The van der Waals surface area contributed by atoms with Crippen molar-refractivity contribution in [2.45, 2.75) is 25.6 Å². The maximum atomic E-state index is 14.3. The van der Waals surface area contributed by atoms with Crippen molar-refractivity contribution in [2.24, 2.45) is 5.92 Å². The molecular formula is C32H27FO7. The van der Waals surface area contributed by atoms with E-state index < -0.39 is 11.9 Å². The number of halogens is 1. The lowest BCUT2D eigenvalue weighted by Gasteiger charge is -2.30. The Balaban J connectivity index is 0.000000162. The van der Waals surface area contributed by atoms with Crippen molar-refractivity contribution in [1.82, 2.24) is 0 Å². The van der Waals surface area contributed by atoms with Gasteiger partial charge in [-0.15, -0.1) is 0 Å². The molecule has 4 aromatic rings. The molecule has 4 aromatic carbocycles. The van der Waals surface area contributed by atoms with Crippen LogP contribution in [0.5, 0.6) is 28.7 Å². The Bertz CT molecular complexity index is 1570. The average Bonchev–Trinajstić information content (AvgIpc) is 2.96. The van der Waals surface area contributed by atoms with Gasteiger partial charge in [-0.05, 0) is 48.0 Å². The molecule has 6 rings (SSSR count). The number of hydrogen-bond acceptors (Lipinski definition) is 7. The van der Waals surface area contributed by atoms with Crippen molar-refractivity contribution in [1.29, 1.82) is 0 Å². The zero-order valence-corrected chi connectivity index (χ0v) is 21.8. The van der Waals surface area contributed by atoms with Gasteiger partial charge in [-0.1, -0.05) is 49.4 Å². The van der Waals surface area contributed by atoms with E-state index >= 15 is 0 Å². The first-order valence-corrected chi connectivity index (χ1v) is 12.7. The monoisotopic (exact) mass is 542 g/mol. The topological polar surface area (TPSA) is 102 Å². The van der Waals surface area contributed by atoms with Crippen molar-refractivity contribution in [2.75, 3.05) is 7.11 Å². The van der Waals surface area contributed by atoms with Crippen LogP contribution < -0.4 is 14.2 Å². The van der Waals surface area contributed by atoms with Crippen molar-refractivity contribution < 1.29 is 38.4 Å². The number of hydrogen-bond donors (Lipinski definition) is 2. The van der Waals surface area contributed by atoms with Crippen molar-refractivity contribution in [3.63, 3.8) is 0 Å². The van der Waals surface area contributed by atoms with Crippen LogP contribution in [0.2, 0.25) is 0 Å². The molecule has 2 aliphatic heterocycles. The Labute approximate surface area is 230 Å². The summed E-state index contributed by atoms with van der Waals surface area (Å²) in [4.78, 5) is 24.5. The molecule has 0 radical (unpaired) electrons. The second-order valence-corrected chi connectivity index (χ2v) is 9.56. The van der Waals surface area contributed by atoms with Crippen LogP contribution >= 0.6 is 0 Å². The molecule has 8 heteroatoms. The molecule has 0 saturated heterocycles. The molecule has 0 bridgehead atoms. The number of carbonyl (C=O) groups excluding carboxylic acids is 2. The fraction of sp³-hybridized carbons (Fsp3) is 0.188. The molecule has 2 aliphatic rings. The van der Waals surface area contributed by atoms with Crippen LogP contribution in [0, 0.1) is 11.7 Å². The molecule has 40 heavy (non-hydrogen) atoms. The number of fused-ring (bicyclic) bond motifs is 2. The summed E-state index contributed by atoms with van der Waals surface area (Å²) < 4.78 is 30.8. The molecule has 7 nitrogen and oxygen atoms in total. The van der Waals surface area contributed by atoms with Gasteiger partial charge < -0.3 is 24.4 Å². The lowest BCUT2D eigenvalue weighted by molar-refractivity contribution is 0.0689. The van der Waals surface area contributed by atoms with E-state index in [9.17, 15) is 24.2 Å². The van der Waals surface area contributed by atoms with Crippen LogP contribution in [0.3, 0.4) is 0 Å². The molecule has 0 spiro atoms. The van der Waals surface area contributed by atoms with Crippen molar-refractivity contribution in [3.05, 3.63) is 113 Å². The van der Waals surface area contributed by atoms with Gasteiger partial charge in [-0.2, -0.15) is 0 Å². The maximum absolute atomic E-state index is 14.3. The number of carbonyl (C=O) groups is 2. The maximum Gasteiger partial charge on any atom is 0.173 e. The summed E-state index contributed by atoms with van der Waals surface area (Å²) in [7, 11) is 1.38. The SMILES string of the molecule is CC1C(=O)c2cc(O)ccc2OC1c1ccccc1.COc1cccc(C2CC(=O)c3cc(O)ccc3O2)c1F. The van der Waals surface area contributed by atoms with Crippen molar-refractivity contribution >= 4 is 11.6 Å². The van der Waals surface area contributed by atoms with Crippen LogP contribution in [0.25, 0.3) is 0 Å². The highest BCUT2D eigenvalue weighted by molar-refractivity contribution is 6.02. The minimum Gasteiger partial charge on any atom is -0.508 e. The summed E-state index contributed by atoms with van der Waals surface area (Å²) in [6.45, 7) is 1.85. The van der Waals surface area contributed by atoms with Gasteiger partial charge >= 0.3 is 0 Å². The summed E-state index contributed by atoms with van der Waals surface area (Å²) in [5.41, 5.74) is 2.04. The highest BCUT2D eigenvalue weighted by Gasteiger charge is 2.35. The van der Waals surface area contributed by atoms with E-state index in [1.54, 1.807) is 18.2 Å². The minimum atomic E-state index is -0.704. The second-order valence-electron chi connectivity index (χ2n) is 9.56. The Kier molecular flexibility index (Phi) is 7.42. The molecule has 204 valence electrons. The second kappa shape index (κ2) is 11.1. The van der Waals surface area contributed by atoms with E-state index in [1.165, 1.54) is 43.5 Å². The van der Waals surface area contributed by atoms with Gasteiger partial charge in [0.2, 0.25) is 0 Å². The lowest BCUT2D eigenvalue weighted by atomic mass is 9.87. The quantitative estimate of drug-likeness (QED) is 0.301. The summed E-state index contributed by atoms with van der Waals surface area (Å²) in [5.74, 6) is 0.0888. The van der Waals surface area contributed by atoms with Gasteiger partial charge in [0.05, 0.1) is 30.6 Å². The van der Waals surface area contributed by atoms with Crippen LogP contribution in [0.4, 0.5) is 4.39 Å². The summed E-state index contributed by atoms with van der Waals surface area (Å²) in [6, 6.07) is 23.4. The molecule has 0 saturated carbocycles.